The molecule has 1 spiro atoms. The van der Waals surface area contributed by atoms with E-state index in [2.05, 4.69) is 10.5 Å². The zero-order valence-corrected chi connectivity index (χ0v) is 20.3. The van der Waals surface area contributed by atoms with Gasteiger partial charge in [-0.15, -0.1) is 0 Å². The first-order valence-corrected chi connectivity index (χ1v) is 12.4. The first-order valence-electron chi connectivity index (χ1n) is 11.6. The fourth-order valence-corrected chi connectivity index (χ4v) is 6.01. The van der Waals surface area contributed by atoms with Crippen molar-refractivity contribution in [2.24, 2.45) is 11.0 Å². The van der Waals surface area contributed by atoms with Crippen LogP contribution in [0.4, 0.5) is 19.3 Å². The van der Waals surface area contributed by atoms with E-state index in [9.17, 15) is 23.7 Å². The standard InChI is InChI=1S/C26H22F2N4O4S/c27-19-10-11-22(28)20(14-19)24-29-30-26(37-24)18(12-13-32(34)35)15-31(23-9-5-4-8-21(23)26)25(33)36-16-17-6-2-1-3-7-17/h1-11,14,18,30H,12-13,15-16H2. The number of amides is 1. The van der Waals surface area contributed by atoms with Crippen LogP contribution in [-0.4, -0.2) is 29.1 Å². The Bertz CT molecular complexity index is 1370. The van der Waals surface area contributed by atoms with Gasteiger partial charge in [-0.1, -0.05) is 60.3 Å². The number of fused-ring (bicyclic) bond motifs is 2. The van der Waals surface area contributed by atoms with Crippen molar-refractivity contribution in [3.05, 3.63) is 111 Å². The molecule has 2 aliphatic heterocycles. The Morgan fingerprint density at radius 1 is 1.16 bits per heavy atom. The van der Waals surface area contributed by atoms with Crippen LogP contribution >= 0.6 is 11.8 Å². The van der Waals surface area contributed by atoms with Gasteiger partial charge < -0.3 is 4.74 Å². The lowest BCUT2D eigenvalue weighted by Crippen LogP contribution is -2.53. The van der Waals surface area contributed by atoms with Gasteiger partial charge in [0.25, 0.3) is 0 Å². The number of para-hydroxylation sites is 1. The third-order valence-electron chi connectivity index (χ3n) is 6.40. The van der Waals surface area contributed by atoms with E-state index >= 15 is 0 Å². The van der Waals surface area contributed by atoms with Gasteiger partial charge in [-0.3, -0.25) is 20.4 Å². The highest BCUT2D eigenvalue weighted by atomic mass is 32.2. The van der Waals surface area contributed by atoms with Crippen molar-refractivity contribution < 1.29 is 23.2 Å². The van der Waals surface area contributed by atoms with Crippen LogP contribution in [0, 0.1) is 27.7 Å². The quantitative estimate of drug-likeness (QED) is 0.349. The Morgan fingerprint density at radius 2 is 1.92 bits per heavy atom. The van der Waals surface area contributed by atoms with Crippen LogP contribution in [0.2, 0.25) is 0 Å². The summed E-state index contributed by atoms with van der Waals surface area (Å²) in [4.78, 5) is 24.5. The summed E-state index contributed by atoms with van der Waals surface area (Å²) in [7, 11) is 0. The number of nitro groups is 1. The minimum absolute atomic E-state index is 0.00965. The summed E-state index contributed by atoms with van der Waals surface area (Å²) in [5, 5.41) is 15.8. The van der Waals surface area contributed by atoms with Crippen LogP contribution < -0.4 is 10.3 Å². The molecule has 2 atom stereocenters. The van der Waals surface area contributed by atoms with E-state index in [1.807, 2.05) is 30.3 Å². The number of nitrogens with zero attached hydrogens (tertiary/aromatic N) is 3. The number of hydrazone groups is 1. The Kier molecular flexibility index (Phi) is 6.79. The SMILES string of the molecule is O=C(OCc1ccccc1)N1CC(CC[N+](=O)[O-])C2(NN=C(c3cc(F)ccc3F)S2)c2ccccc21. The number of carbonyl (C=O) groups is 1. The fraction of sp³-hybridized carbons (Fsp3) is 0.231. The highest BCUT2D eigenvalue weighted by Gasteiger charge is 2.52. The van der Waals surface area contributed by atoms with Crippen LogP contribution in [0.15, 0.2) is 77.9 Å². The molecule has 190 valence electrons. The van der Waals surface area contributed by atoms with Gasteiger partial charge in [-0.25, -0.2) is 13.6 Å². The van der Waals surface area contributed by atoms with Crippen LogP contribution in [0.3, 0.4) is 0 Å². The van der Waals surface area contributed by atoms with Crippen LogP contribution in [0.1, 0.15) is 23.1 Å². The van der Waals surface area contributed by atoms with Crippen molar-refractivity contribution >= 4 is 28.6 Å². The molecule has 1 amide bonds. The number of carbonyl (C=O) groups excluding carboxylic acids is 1. The van der Waals surface area contributed by atoms with Gasteiger partial charge in [0, 0.05) is 34.9 Å². The summed E-state index contributed by atoms with van der Waals surface area (Å²) in [6.07, 6.45) is -0.476. The van der Waals surface area contributed by atoms with E-state index in [1.54, 1.807) is 24.3 Å². The van der Waals surface area contributed by atoms with Crippen molar-refractivity contribution in [2.45, 2.75) is 17.9 Å². The molecule has 0 bridgehead atoms. The predicted molar refractivity (Wildman–Crippen MR) is 136 cm³/mol. The lowest BCUT2D eigenvalue weighted by Gasteiger charge is -2.45. The van der Waals surface area contributed by atoms with Gasteiger partial charge in [0.1, 0.15) is 28.2 Å². The molecule has 0 radical (unpaired) electrons. The summed E-state index contributed by atoms with van der Waals surface area (Å²) in [6.45, 7) is -0.164. The number of halogens is 2. The normalized spacial score (nSPS) is 20.2. The number of hydrogen-bond acceptors (Lipinski definition) is 7. The Morgan fingerprint density at radius 3 is 2.70 bits per heavy atom. The molecule has 2 heterocycles. The van der Waals surface area contributed by atoms with Gasteiger partial charge in [-0.05, 0) is 29.8 Å². The fourth-order valence-electron chi connectivity index (χ4n) is 4.61. The van der Waals surface area contributed by atoms with E-state index in [4.69, 9.17) is 4.74 Å². The number of benzene rings is 3. The molecule has 5 rings (SSSR count). The van der Waals surface area contributed by atoms with Crippen LogP contribution in [-0.2, 0) is 16.2 Å². The zero-order chi connectivity index (χ0) is 26.0. The van der Waals surface area contributed by atoms with Crippen molar-refractivity contribution in [1.29, 1.82) is 0 Å². The summed E-state index contributed by atoms with van der Waals surface area (Å²) < 4.78 is 34.1. The minimum atomic E-state index is -1.03. The van der Waals surface area contributed by atoms with Crippen molar-refractivity contribution in [2.75, 3.05) is 18.0 Å². The Hall–Kier alpha value is -3.99. The molecule has 0 aliphatic carbocycles. The van der Waals surface area contributed by atoms with Crippen molar-refractivity contribution in [1.82, 2.24) is 5.43 Å². The molecular formula is C26H22F2N4O4S. The zero-order valence-electron chi connectivity index (χ0n) is 19.5. The molecule has 0 aromatic heterocycles. The summed E-state index contributed by atoms with van der Waals surface area (Å²) in [5.74, 6) is -1.74. The largest absolute Gasteiger partial charge is 0.444 e. The highest BCUT2D eigenvalue weighted by Crippen LogP contribution is 2.53. The Balaban J connectivity index is 1.48. The molecule has 2 aliphatic rings. The topological polar surface area (TPSA) is 97.1 Å². The average Bonchev–Trinajstić information content (AvgIpc) is 3.34. The monoisotopic (exact) mass is 524 g/mol. The maximum Gasteiger partial charge on any atom is 0.414 e. The Labute approximate surface area is 215 Å². The summed E-state index contributed by atoms with van der Waals surface area (Å²) in [5.41, 5.74) is 5.09. The lowest BCUT2D eigenvalue weighted by atomic mass is 9.84. The molecule has 11 heteroatoms. The summed E-state index contributed by atoms with van der Waals surface area (Å²) >= 11 is 1.17. The second-order valence-corrected chi connectivity index (χ2v) is 9.94. The third-order valence-corrected chi connectivity index (χ3v) is 7.87. The molecule has 0 fully saturated rings. The van der Waals surface area contributed by atoms with E-state index < -0.39 is 33.4 Å². The van der Waals surface area contributed by atoms with E-state index in [0.717, 1.165) is 23.8 Å². The molecule has 8 nitrogen and oxygen atoms in total. The molecule has 3 aromatic carbocycles. The molecule has 0 saturated heterocycles. The number of ether oxygens (including phenoxy) is 1. The van der Waals surface area contributed by atoms with E-state index in [0.29, 0.717) is 11.3 Å². The number of thioether (sulfide) groups is 1. The van der Waals surface area contributed by atoms with Gasteiger partial charge in [-0.2, -0.15) is 5.10 Å². The number of nitrogens with one attached hydrogen (secondary N) is 1. The first kappa shape index (κ1) is 24.7. The summed E-state index contributed by atoms with van der Waals surface area (Å²) in [6, 6.07) is 19.5. The molecule has 0 saturated carbocycles. The van der Waals surface area contributed by atoms with Gasteiger partial charge in [0.05, 0.1) is 5.69 Å². The van der Waals surface area contributed by atoms with Crippen LogP contribution in [0.25, 0.3) is 0 Å². The van der Waals surface area contributed by atoms with Crippen molar-refractivity contribution in [3.8, 4) is 0 Å². The van der Waals surface area contributed by atoms with Gasteiger partial charge in [0.15, 0.2) is 0 Å². The third kappa shape index (κ3) is 4.86. The predicted octanol–water partition coefficient (Wildman–Crippen LogP) is 5.26. The minimum Gasteiger partial charge on any atom is -0.444 e. The molecular weight excluding hydrogens is 502 g/mol. The van der Waals surface area contributed by atoms with E-state index in [-0.39, 0.29) is 36.7 Å². The van der Waals surface area contributed by atoms with Gasteiger partial charge in [0.2, 0.25) is 6.54 Å². The van der Waals surface area contributed by atoms with E-state index in [1.165, 1.54) is 16.7 Å². The highest BCUT2D eigenvalue weighted by molar-refractivity contribution is 8.15. The lowest BCUT2D eigenvalue weighted by molar-refractivity contribution is -0.481. The average molecular weight is 525 g/mol. The smallest absolute Gasteiger partial charge is 0.414 e. The molecule has 2 unspecified atom stereocenters. The maximum atomic E-state index is 14.6. The second-order valence-electron chi connectivity index (χ2n) is 8.70. The maximum absolute atomic E-state index is 14.6. The first-order chi connectivity index (χ1) is 17.9. The molecule has 1 N–H and O–H groups in total. The number of hydrogen-bond donors (Lipinski definition) is 1. The molecule has 3 aromatic rings. The van der Waals surface area contributed by atoms with Crippen molar-refractivity contribution in [3.63, 3.8) is 0 Å². The van der Waals surface area contributed by atoms with Gasteiger partial charge >= 0.3 is 6.09 Å². The second kappa shape index (κ2) is 10.2. The van der Waals surface area contributed by atoms with Crippen LogP contribution in [0.5, 0.6) is 0 Å². The molecule has 37 heavy (non-hydrogen) atoms. The number of rotatable bonds is 6. The number of anilines is 1.